The van der Waals surface area contributed by atoms with Gasteiger partial charge in [-0.3, -0.25) is 4.79 Å². The average Bonchev–Trinajstić information content (AvgIpc) is 3.04. The first kappa shape index (κ1) is 20.1. The minimum atomic E-state index is -0.531. The van der Waals surface area contributed by atoms with Crippen LogP contribution < -0.4 is 15.4 Å². The van der Waals surface area contributed by atoms with E-state index in [1.54, 1.807) is 37.4 Å². The van der Waals surface area contributed by atoms with E-state index in [4.69, 9.17) is 33.0 Å². The summed E-state index contributed by atoms with van der Waals surface area (Å²) in [6, 6.07) is 10.7. The van der Waals surface area contributed by atoms with Crippen LogP contribution in [0.15, 0.2) is 40.8 Å². The maximum atomic E-state index is 12.0. The Labute approximate surface area is 173 Å². The molecule has 1 amide bonds. The maximum absolute atomic E-state index is 12.0. The summed E-state index contributed by atoms with van der Waals surface area (Å²) in [5.74, 6) is 0.866. The molecular formula is C20H20ClN3O3S. The van der Waals surface area contributed by atoms with Crippen molar-refractivity contribution in [2.45, 2.75) is 20.8 Å². The predicted molar refractivity (Wildman–Crippen MR) is 115 cm³/mol. The Kier molecular flexibility index (Phi) is 5.58. The second-order valence-electron chi connectivity index (χ2n) is 7.21. The number of amides is 1. The van der Waals surface area contributed by atoms with Crippen molar-refractivity contribution >= 4 is 51.6 Å². The van der Waals surface area contributed by atoms with Crippen molar-refractivity contribution in [1.29, 1.82) is 0 Å². The fourth-order valence-electron chi connectivity index (χ4n) is 2.38. The van der Waals surface area contributed by atoms with E-state index in [0.717, 1.165) is 5.56 Å². The number of benzene rings is 2. The van der Waals surface area contributed by atoms with E-state index in [0.29, 0.717) is 33.4 Å². The topological polar surface area (TPSA) is 76.4 Å². The summed E-state index contributed by atoms with van der Waals surface area (Å²) < 4.78 is 11.0. The smallest absolute Gasteiger partial charge is 0.231 e. The molecule has 0 aliphatic heterocycles. The van der Waals surface area contributed by atoms with Crippen molar-refractivity contribution in [3.05, 3.63) is 41.4 Å². The molecule has 0 radical (unpaired) electrons. The zero-order valence-electron chi connectivity index (χ0n) is 15.9. The van der Waals surface area contributed by atoms with Crippen molar-refractivity contribution in [1.82, 2.24) is 10.3 Å². The molecule has 0 unspecified atom stereocenters. The Morgan fingerprint density at radius 2 is 1.96 bits per heavy atom. The number of thiocarbonyl (C=S) groups is 1. The molecule has 0 bridgehead atoms. The first-order chi connectivity index (χ1) is 13.2. The number of methoxy groups -OCH3 is 1. The molecule has 0 fully saturated rings. The monoisotopic (exact) mass is 417 g/mol. The van der Waals surface area contributed by atoms with Gasteiger partial charge in [-0.15, -0.1) is 0 Å². The largest absolute Gasteiger partial charge is 0.495 e. The number of ether oxygens (including phenoxy) is 1. The fourth-order valence-corrected chi connectivity index (χ4v) is 2.85. The molecule has 0 aliphatic carbocycles. The van der Waals surface area contributed by atoms with Gasteiger partial charge in [-0.25, -0.2) is 4.98 Å². The molecule has 1 aromatic heterocycles. The number of nitrogens with one attached hydrogen (secondary N) is 2. The standard InChI is InChI=1S/C20H20ClN3O3S/c1-20(2,3)18(25)24-19(28)22-12-6-8-16-14(10-12)23-17(27-16)11-5-7-15(26-4)13(21)9-11/h5-10H,1-4H3,(H2,22,24,25,28). The zero-order valence-corrected chi connectivity index (χ0v) is 17.5. The van der Waals surface area contributed by atoms with Crippen LogP contribution in [0.5, 0.6) is 5.75 Å². The summed E-state index contributed by atoms with van der Waals surface area (Å²) in [5, 5.41) is 6.37. The Balaban J connectivity index is 1.80. The van der Waals surface area contributed by atoms with Crippen LogP contribution in [0.2, 0.25) is 5.02 Å². The van der Waals surface area contributed by atoms with Crippen LogP contribution in [0.1, 0.15) is 20.8 Å². The first-order valence-corrected chi connectivity index (χ1v) is 9.33. The van der Waals surface area contributed by atoms with Crippen molar-refractivity contribution in [2.75, 3.05) is 12.4 Å². The van der Waals surface area contributed by atoms with Crippen molar-refractivity contribution in [2.24, 2.45) is 5.41 Å². The van der Waals surface area contributed by atoms with Gasteiger partial charge in [0.2, 0.25) is 11.8 Å². The van der Waals surface area contributed by atoms with Gasteiger partial charge in [0, 0.05) is 16.7 Å². The highest BCUT2D eigenvalue weighted by atomic mass is 35.5. The third kappa shape index (κ3) is 4.43. The van der Waals surface area contributed by atoms with Crippen molar-refractivity contribution in [3.63, 3.8) is 0 Å². The average molecular weight is 418 g/mol. The van der Waals surface area contributed by atoms with Crippen LogP contribution in [0, 0.1) is 5.41 Å². The lowest BCUT2D eigenvalue weighted by Crippen LogP contribution is -2.41. The van der Waals surface area contributed by atoms with Crippen LogP contribution in [0.3, 0.4) is 0 Å². The highest BCUT2D eigenvalue weighted by Crippen LogP contribution is 2.32. The molecule has 2 aromatic carbocycles. The molecule has 0 atom stereocenters. The van der Waals surface area contributed by atoms with Crippen LogP contribution in [0.25, 0.3) is 22.6 Å². The summed E-state index contributed by atoms with van der Waals surface area (Å²) in [5.41, 5.74) is 2.17. The second-order valence-corrected chi connectivity index (χ2v) is 8.02. The van der Waals surface area contributed by atoms with Gasteiger partial charge in [-0.2, -0.15) is 0 Å². The molecule has 6 nitrogen and oxygen atoms in total. The number of oxazole rings is 1. The summed E-state index contributed by atoms with van der Waals surface area (Å²) >= 11 is 11.4. The summed E-state index contributed by atoms with van der Waals surface area (Å²) in [7, 11) is 1.56. The molecule has 0 saturated carbocycles. The van der Waals surface area contributed by atoms with Gasteiger partial charge >= 0.3 is 0 Å². The van der Waals surface area contributed by atoms with Crippen LogP contribution in [-0.4, -0.2) is 23.1 Å². The molecule has 3 aromatic rings. The van der Waals surface area contributed by atoms with Gasteiger partial charge in [-0.1, -0.05) is 32.4 Å². The molecule has 0 aliphatic rings. The molecule has 8 heteroatoms. The van der Waals surface area contributed by atoms with Gasteiger partial charge in [0.25, 0.3) is 0 Å². The summed E-state index contributed by atoms with van der Waals surface area (Å²) in [6.45, 7) is 5.46. The minimum Gasteiger partial charge on any atom is -0.495 e. The Bertz CT molecular complexity index is 1060. The molecule has 1 heterocycles. The normalized spacial score (nSPS) is 11.3. The van der Waals surface area contributed by atoms with E-state index in [1.165, 1.54) is 0 Å². The number of anilines is 1. The quantitative estimate of drug-likeness (QED) is 0.583. The molecule has 0 saturated heterocycles. The number of carbonyl (C=O) groups excluding carboxylic acids is 1. The van der Waals surface area contributed by atoms with E-state index >= 15 is 0 Å². The highest BCUT2D eigenvalue weighted by molar-refractivity contribution is 7.80. The molecule has 3 rings (SSSR count). The van der Waals surface area contributed by atoms with E-state index in [2.05, 4.69) is 15.6 Å². The van der Waals surface area contributed by atoms with E-state index in [-0.39, 0.29) is 11.0 Å². The number of aromatic nitrogens is 1. The number of nitrogens with zero attached hydrogens (tertiary/aromatic N) is 1. The van der Waals surface area contributed by atoms with E-state index in [9.17, 15) is 4.79 Å². The number of hydrogen-bond acceptors (Lipinski definition) is 5. The molecule has 0 spiro atoms. The van der Waals surface area contributed by atoms with Crippen molar-refractivity contribution < 1.29 is 13.9 Å². The number of fused-ring (bicyclic) bond motifs is 1. The van der Waals surface area contributed by atoms with Crippen LogP contribution in [0.4, 0.5) is 5.69 Å². The zero-order chi connectivity index (χ0) is 20.5. The van der Waals surface area contributed by atoms with Crippen molar-refractivity contribution in [3.8, 4) is 17.2 Å². The lowest BCUT2D eigenvalue weighted by Gasteiger charge is -2.18. The molecular weight excluding hydrogens is 398 g/mol. The van der Waals surface area contributed by atoms with Gasteiger partial charge in [0.1, 0.15) is 11.3 Å². The fraction of sp³-hybridized carbons (Fsp3) is 0.250. The number of rotatable bonds is 3. The second kappa shape index (κ2) is 7.77. The van der Waals surface area contributed by atoms with Crippen LogP contribution >= 0.6 is 23.8 Å². The van der Waals surface area contributed by atoms with Gasteiger partial charge in [0.15, 0.2) is 10.7 Å². The number of halogens is 1. The number of hydrogen-bond donors (Lipinski definition) is 2. The summed E-state index contributed by atoms with van der Waals surface area (Å²) in [4.78, 5) is 16.5. The van der Waals surface area contributed by atoms with E-state index in [1.807, 2.05) is 26.8 Å². The Morgan fingerprint density at radius 1 is 1.21 bits per heavy atom. The van der Waals surface area contributed by atoms with Gasteiger partial charge in [-0.05, 0) is 48.6 Å². The lowest BCUT2D eigenvalue weighted by molar-refractivity contribution is -0.126. The first-order valence-electron chi connectivity index (χ1n) is 8.54. The van der Waals surface area contributed by atoms with E-state index < -0.39 is 5.41 Å². The third-order valence-corrected chi connectivity index (χ3v) is 4.45. The van der Waals surface area contributed by atoms with Gasteiger partial charge < -0.3 is 19.8 Å². The SMILES string of the molecule is COc1ccc(-c2nc3cc(NC(=S)NC(=O)C(C)(C)C)ccc3o2)cc1Cl. The predicted octanol–water partition coefficient (Wildman–Crippen LogP) is 5.02. The highest BCUT2D eigenvalue weighted by Gasteiger charge is 2.22. The molecule has 146 valence electrons. The molecule has 28 heavy (non-hydrogen) atoms. The summed E-state index contributed by atoms with van der Waals surface area (Å²) in [6.07, 6.45) is 0. The minimum absolute atomic E-state index is 0.161. The van der Waals surface area contributed by atoms with Gasteiger partial charge in [0.05, 0.1) is 12.1 Å². The van der Waals surface area contributed by atoms with Crippen LogP contribution in [-0.2, 0) is 4.79 Å². The molecule has 2 N–H and O–H groups in total. The Hall–Kier alpha value is -2.64. The third-order valence-electron chi connectivity index (χ3n) is 3.95. The Morgan fingerprint density at radius 3 is 2.61 bits per heavy atom. The maximum Gasteiger partial charge on any atom is 0.231 e. The lowest BCUT2D eigenvalue weighted by atomic mass is 9.96. The number of carbonyl (C=O) groups is 1.